The zero-order valence-electron chi connectivity index (χ0n) is 14.5. The molecule has 1 unspecified atom stereocenters. The van der Waals surface area contributed by atoms with Gasteiger partial charge in [0, 0.05) is 44.2 Å². The van der Waals surface area contributed by atoms with Gasteiger partial charge < -0.3 is 9.47 Å². The molecule has 0 radical (unpaired) electrons. The van der Waals surface area contributed by atoms with Crippen LogP contribution in [0.2, 0.25) is 0 Å². The van der Waals surface area contributed by atoms with Gasteiger partial charge >= 0.3 is 6.18 Å². The third kappa shape index (κ3) is 3.87. The maximum absolute atomic E-state index is 12.9. The Morgan fingerprint density at radius 2 is 1.85 bits per heavy atom. The predicted octanol–water partition coefficient (Wildman–Crippen LogP) is 3.23. The lowest BCUT2D eigenvalue weighted by molar-refractivity contribution is -0.141. The van der Waals surface area contributed by atoms with Crippen molar-refractivity contribution in [2.24, 2.45) is 7.05 Å². The fourth-order valence-corrected chi connectivity index (χ4v) is 3.95. The molecule has 1 aromatic carbocycles. The average molecular weight is 387 g/mol. The van der Waals surface area contributed by atoms with Gasteiger partial charge in [-0.3, -0.25) is 0 Å². The van der Waals surface area contributed by atoms with Crippen LogP contribution >= 0.6 is 0 Å². The first-order valence-corrected chi connectivity index (χ1v) is 10.1. The molecule has 2 aromatic rings. The number of sulfone groups is 1. The van der Waals surface area contributed by atoms with Crippen molar-refractivity contribution < 1.29 is 21.6 Å². The first kappa shape index (κ1) is 18.8. The van der Waals surface area contributed by atoms with Crippen molar-refractivity contribution in [2.45, 2.75) is 29.8 Å². The summed E-state index contributed by atoms with van der Waals surface area (Å²) in [6.45, 7) is 1.31. The molecule has 0 bridgehead atoms. The molecule has 2 heterocycles. The van der Waals surface area contributed by atoms with Crippen molar-refractivity contribution in [3.63, 3.8) is 0 Å². The van der Waals surface area contributed by atoms with E-state index < -0.39 is 21.7 Å². The second kappa shape index (κ2) is 6.61. The van der Waals surface area contributed by atoms with Gasteiger partial charge in [0.2, 0.25) is 0 Å². The Kier molecular flexibility index (Phi) is 4.76. The fraction of sp³-hybridized carbons (Fsp3) is 0.471. The number of nitrogens with zero attached hydrogens (tertiary/aromatic N) is 3. The van der Waals surface area contributed by atoms with Crippen molar-refractivity contribution in [3.05, 3.63) is 42.0 Å². The van der Waals surface area contributed by atoms with E-state index in [2.05, 4.69) is 9.88 Å². The van der Waals surface area contributed by atoms with Crippen LogP contribution in [0.5, 0.6) is 0 Å². The Balaban J connectivity index is 1.81. The lowest BCUT2D eigenvalue weighted by Crippen LogP contribution is -2.35. The summed E-state index contributed by atoms with van der Waals surface area (Å²) in [4.78, 5) is 6.11. The summed E-state index contributed by atoms with van der Waals surface area (Å²) >= 11 is 0. The van der Waals surface area contributed by atoms with E-state index in [-0.39, 0.29) is 10.8 Å². The summed E-state index contributed by atoms with van der Waals surface area (Å²) in [5.74, 6) is 0.314. The number of piperidine rings is 1. The second-order valence-corrected chi connectivity index (χ2v) is 8.66. The highest BCUT2D eigenvalue weighted by atomic mass is 32.2. The first-order valence-electron chi connectivity index (χ1n) is 8.21. The van der Waals surface area contributed by atoms with Gasteiger partial charge in [-0.05, 0) is 37.1 Å². The van der Waals surface area contributed by atoms with Gasteiger partial charge in [-0.2, -0.15) is 13.2 Å². The number of aryl methyl sites for hydroxylation is 1. The molecule has 0 saturated carbocycles. The maximum Gasteiger partial charge on any atom is 0.434 e. The number of halogens is 3. The van der Waals surface area contributed by atoms with E-state index in [0.717, 1.165) is 37.5 Å². The third-order valence-electron chi connectivity index (χ3n) is 4.62. The van der Waals surface area contributed by atoms with Crippen molar-refractivity contribution >= 4 is 15.5 Å². The molecule has 5 nitrogen and oxygen atoms in total. The van der Waals surface area contributed by atoms with E-state index in [4.69, 9.17) is 0 Å². The second-order valence-electron chi connectivity index (χ2n) is 6.64. The Labute approximate surface area is 150 Å². The minimum absolute atomic E-state index is 0.112. The number of imidazole rings is 1. The van der Waals surface area contributed by atoms with Crippen molar-refractivity contribution in [1.82, 2.24) is 9.55 Å². The number of benzene rings is 1. The SMILES string of the molecule is Cn1cc(C(F)(F)F)nc1C1CCCN(c2ccc(S(C)(=O)=O)cc2)C1. The topological polar surface area (TPSA) is 55.2 Å². The summed E-state index contributed by atoms with van der Waals surface area (Å²) in [5, 5.41) is 0. The highest BCUT2D eigenvalue weighted by Crippen LogP contribution is 2.33. The van der Waals surface area contributed by atoms with Crippen LogP contribution in [-0.4, -0.2) is 37.3 Å². The van der Waals surface area contributed by atoms with Crippen molar-refractivity contribution in [2.75, 3.05) is 24.2 Å². The molecule has 26 heavy (non-hydrogen) atoms. The molecule has 1 atom stereocenters. The van der Waals surface area contributed by atoms with Gasteiger partial charge in [-0.15, -0.1) is 0 Å². The van der Waals surface area contributed by atoms with E-state index in [1.807, 2.05) is 0 Å². The van der Waals surface area contributed by atoms with E-state index >= 15 is 0 Å². The van der Waals surface area contributed by atoms with Gasteiger partial charge in [-0.25, -0.2) is 13.4 Å². The van der Waals surface area contributed by atoms with Crippen LogP contribution in [0.15, 0.2) is 35.4 Å². The van der Waals surface area contributed by atoms with Crippen LogP contribution < -0.4 is 4.90 Å². The third-order valence-corrected chi connectivity index (χ3v) is 5.75. The lowest BCUT2D eigenvalue weighted by Gasteiger charge is -2.34. The molecule has 1 aromatic heterocycles. The Morgan fingerprint density at radius 3 is 2.38 bits per heavy atom. The molecule has 1 aliphatic rings. The fourth-order valence-electron chi connectivity index (χ4n) is 3.32. The molecule has 0 N–H and O–H groups in total. The molecular formula is C17H20F3N3O2S. The van der Waals surface area contributed by atoms with Crippen LogP contribution in [-0.2, 0) is 23.1 Å². The maximum atomic E-state index is 12.9. The van der Waals surface area contributed by atoms with Crippen molar-refractivity contribution in [3.8, 4) is 0 Å². The number of aromatic nitrogens is 2. The minimum atomic E-state index is -4.45. The highest BCUT2D eigenvalue weighted by Gasteiger charge is 2.36. The molecule has 1 aliphatic heterocycles. The molecule has 9 heteroatoms. The van der Waals surface area contributed by atoms with Gasteiger partial charge in [0.1, 0.15) is 5.82 Å². The van der Waals surface area contributed by atoms with Crippen LogP contribution in [0, 0.1) is 0 Å². The normalized spacial score (nSPS) is 19.0. The first-order chi connectivity index (χ1) is 12.1. The van der Waals surface area contributed by atoms with Crippen LogP contribution in [0.25, 0.3) is 0 Å². The highest BCUT2D eigenvalue weighted by molar-refractivity contribution is 7.90. The summed E-state index contributed by atoms with van der Waals surface area (Å²) in [6, 6.07) is 6.57. The Hall–Kier alpha value is -2.03. The van der Waals surface area contributed by atoms with E-state index in [0.29, 0.717) is 12.4 Å². The lowest BCUT2D eigenvalue weighted by atomic mass is 9.96. The minimum Gasteiger partial charge on any atom is -0.371 e. The molecule has 3 rings (SSSR count). The summed E-state index contributed by atoms with van der Waals surface area (Å²) in [6.07, 6.45) is -0.688. The quantitative estimate of drug-likeness (QED) is 0.812. The number of alkyl halides is 3. The number of hydrogen-bond acceptors (Lipinski definition) is 4. The predicted molar refractivity (Wildman–Crippen MR) is 91.9 cm³/mol. The van der Waals surface area contributed by atoms with E-state index in [1.165, 1.54) is 4.57 Å². The van der Waals surface area contributed by atoms with Crippen LogP contribution in [0.3, 0.4) is 0 Å². The molecule has 0 aliphatic carbocycles. The molecular weight excluding hydrogens is 367 g/mol. The van der Waals surface area contributed by atoms with Crippen LogP contribution in [0.4, 0.5) is 18.9 Å². The summed E-state index contributed by atoms with van der Waals surface area (Å²) in [5.41, 5.74) is -0.0167. The van der Waals surface area contributed by atoms with Gasteiger partial charge in [-0.1, -0.05) is 0 Å². The van der Waals surface area contributed by atoms with E-state index in [1.54, 1.807) is 31.3 Å². The summed E-state index contributed by atoms with van der Waals surface area (Å²) < 4.78 is 63.2. The van der Waals surface area contributed by atoms with E-state index in [9.17, 15) is 21.6 Å². The number of anilines is 1. The smallest absolute Gasteiger partial charge is 0.371 e. The monoisotopic (exact) mass is 387 g/mol. The number of rotatable bonds is 3. The van der Waals surface area contributed by atoms with Gasteiger partial charge in [0.15, 0.2) is 15.5 Å². The van der Waals surface area contributed by atoms with Crippen LogP contribution in [0.1, 0.15) is 30.3 Å². The molecule has 1 fully saturated rings. The summed E-state index contributed by atoms with van der Waals surface area (Å²) in [7, 11) is -1.68. The van der Waals surface area contributed by atoms with Gasteiger partial charge in [0.25, 0.3) is 0 Å². The number of hydrogen-bond donors (Lipinski definition) is 0. The molecule has 0 amide bonds. The Bertz CT molecular complexity index is 889. The molecule has 0 spiro atoms. The zero-order chi connectivity index (χ0) is 19.1. The average Bonchev–Trinajstić information content (AvgIpc) is 2.96. The largest absolute Gasteiger partial charge is 0.434 e. The zero-order valence-corrected chi connectivity index (χ0v) is 15.3. The van der Waals surface area contributed by atoms with Gasteiger partial charge in [0.05, 0.1) is 4.90 Å². The molecule has 142 valence electrons. The van der Waals surface area contributed by atoms with Crippen molar-refractivity contribution in [1.29, 1.82) is 0 Å². The Morgan fingerprint density at radius 1 is 1.19 bits per heavy atom. The molecule has 1 saturated heterocycles. The standard InChI is InChI=1S/C17H20F3N3O2S/c1-22-11-15(17(18,19)20)21-16(22)12-4-3-9-23(10-12)13-5-7-14(8-6-13)26(2,24)25/h5-8,11-12H,3-4,9-10H2,1-2H3.